The smallest absolute Gasteiger partial charge is 0.324 e. The monoisotopic (exact) mass is 577 g/mol. The summed E-state index contributed by atoms with van der Waals surface area (Å²) in [6, 6.07) is 20.0. The Bertz CT molecular complexity index is 1620. The number of hydrogen-bond acceptors (Lipinski definition) is 7. The molecule has 3 N–H and O–H groups in total. The largest absolute Gasteiger partial charge is 0.379 e. The van der Waals surface area contributed by atoms with Gasteiger partial charge in [0.15, 0.2) is 0 Å². The molecule has 2 aliphatic heterocycles. The molecule has 0 aliphatic carbocycles. The van der Waals surface area contributed by atoms with Crippen molar-refractivity contribution in [3.8, 4) is 11.1 Å². The van der Waals surface area contributed by atoms with E-state index in [9.17, 15) is 4.79 Å². The van der Waals surface area contributed by atoms with E-state index in [-0.39, 0.29) is 17.5 Å². The summed E-state index contributed by atoms with van der Waals surface area (Å²) in [5, 5.41) is 10.0. The quantitative estimate of drug-likeness (QED) is 0.265. The van der Waals surface area contributed by atoms with Crippen LogP contribution in [0.4, 0.5) is 16.2 Å². The number of rotatable bonds is 6. The third-order valence-corrected chi connectivity index (χ3v) is 7.96. The summed E-state index contributed by atoms with van der Waals surface area (Å²) >= 11 is 0. The van der Waals surface area contributed by atoms with E-state index in [1.165, 1.54) is 0 Å². The number of hydrazine groups is 1. The Balaban J connectivity index is 1.21. The number of nitrogens with one attached hydrogen (secondary N) is 3. The first kappa shape index (κ1) is 28.8. The SMILES string of the molecule is Cc1ccc(N2NC(C(C)(C)C)C=C2NC(=O)Nc2ccc(-c3ccc(CN4CCOCC4)nc3)c3ccccc23)cn1. The molecule has 0 bridgehead atoms. The molecule has 1 unspecified atom stereocenters. The molecule has 2 aliphatic rings. The fourth-order valence-electron chi connectivity index (χ4n) is 5.42. The van der Waals surface area contributed by atoms with Gasteiger partial charge in [-0.15, -0.1) is 0 Å². The number of fused-ring (bicyclic) bond motifs is 1. The normalized spacial score (nSPS) is 17.6. The second-order valence-corrected chi connectivity index (χ2v) is 12.2. The number of morpholine rings is 1. The molecular weight excluding hydrogens is 538 g/mol. The lowest BCUT2D eigenvalue weighted by Gasteiger charge is -2.29. The number of carbonyl (C=O) groups is 1. The van der Waals surface area contributed by atoms with E-state index in [1.807, 2.05) is 60.6 Å². The van der Waals surface area contributed by atoms with Crippen molar-refractivity contribution in [1.82, 2.24) is 25.6 Å². The van der Waals surface area contributed by atoms with Crippen LogP contribution < -0.4 is 21.1 Å². The predicted octanol–water partition coefficient (Wildman–Crippen LogP) is 5.84. The average molecular weight is 578 g/mol. The maximum Gasteiger partial charge on any atom is 0.324 e. The molecule has 9 heteroatoms. The molecule has 2 amide bonds. The standard InChI is InChI=1S/C34H39N7O2/c1-23-9-12-26(21-35-23)41-32(19-31(39-41)34(2,3)4)38-33(42)37-30-14-13-27(28-7-5-6-8-29(28)30)24-10-11-25(36-20-24)22-40-15-17-43-18-16-40/h5-14,19-21,31,39H,15-18,22H2,1-4H3,(H2,37,38,42). The topological polar surface area (TPSA) is 94.7 Å². The number of aromatic nitrogens is 2. The van der Waals surface area contributed by atoms with Crippen molar-refractivity contribution >= 4 is 28.2 Å². The fraction of sp³-hybridized carbons (Fsp3) is 0.324. The van der Waals surface area contributed by atoms with Gasteiger partial charge in [0, 0.05) is 42.5 Å². The van der Waals surface area contributed by atoms with Crippen molar-refractivity contribution in [3.05, 3.63) is 96.3 Å². The number of carbonyl (C=O) groups excluding carboxylic acids is 1. The minimum Gasteiger partial charge on any atom is -0.379 e. The number of anilines is 2. The number of amides is 2. The van der Waals surface area contributed by atoms with Crippen LogP contribution in [0.3, 0.4) is 0 Å². The highest BCUT2D eigenvalue weighted by Gasteiger charge is 2.33. The van der Waals surface area contributed by atoms with Gasteiger partial charge in [0.25, 0.3) is 0 Å². The van der Waals surface area contributed by atoms with Gasteiger partial charge < -0.3 is 10.1 Å². The minimum atomic E-state index is -0.320. The molecule has 4 heterocycles. The summed E-state index contributed by atoms with van der Waals surface area (Å²) in [6.45, 7) is 12.7. The van der Waals surface area contributed by atoms with Crippen LogP contribution in [0.25, 0.3) is 21.9 Å². The van der Waals surface area contributed by atoms with Crippen LogP contribution in [-0.4, -0.2) is 53.2 Å². The molecular formula is C34H39N7O2. The molecule has 9 nitrogen and oxygen atoms in total. The summed E-state index contributed by atoms with van der Waals surface area (Å²) in [7, 11) is 0. The summed E-state index contributed by atoms with van der Waals surface area (Å²) in [6.07, 6.45) is 5.80. The lowest BCUT2D eigenvalue weighted by Crippen LogP contribution is -2.46. The highest BCUT2D eigenvalue weighted by molar-refractivity contribution is 6.07. The van der Waals surface area contributed by atoms with Gasteiger partial charge in [0.2, 0.25) is 0 Å². The molecule has 1 fully saturated rings. The van der Waals surface area contributed by atoms with Gasteiger partial charge in [-0.3, -0.25) is 25.2 Å². The van der Waals surface area contributed by atoms with E-state index in [2.05, 4.69) is 71.0 Å². The van der Waals surface area contributed by atoms with Gasteiger partial charge in [0.1, 0.15) is 5.82 Å². The van der Waals surface area contributed by atoms with Crippen LogP contribution in [0.5, 0.6) is 0 Å². The number of nitrogens with zero attached hydrogens (tertiary/aromatic N) is 4. The van der Waals surface area contributed by atoms with Crippen LogP contribution >= 0.6 is 0 Å². The third-order valence-electron chi connectivity index (χ3n) is 7.96. The molecule has 2 aromatic heterocycles. The van der Waals surface area contributed by atoms with Crippen molar-refractivity contribution in [1.29, 1.82) is 0 Å². The van der Waals surface area contributed by atoms with Gasteiger partial charge >= 0.3 is 6.03 Å². The van der Waals surface area contributed by atoms with Crippen molar-refractivity contribution in [2.24, 2.45) is 5.41 Å². The molecule has 1 atom stereocenters. The second-order valence-electron chi connectivity index (χ2n) is 12.2. The van der Waals surface area contributed by atoms with E-state index in [0.717, 1.165) is 77.5 Å². The maximum atomic E-state index is 13.4. The zero-order valence-electron chi connectivity index (χ0n) is 25.2. The molecule has 4 aromatic rings. The summed E-state index contributed by atoms with van der Waals surface area (Å²) < 4.78 is 5.46. The zero-order valence-corrected chi connectivity index (χ0v) is 25.2. The van der Waals surface area contributed by atoms with E-state index >= 15 is 0 Å². The molecule has 0 saturated carbocycles. The Morgan fingerprint density at radius 3 is 2.44 bits per heavy atom. The molecule has 0 radical (unpaired) electrons. The number of benzene rings is 2. The number of pyridine rings is 2. The van der Waals surface area contributed by atoms with Crippen LogP contribution in [0, 0.1) is 12.3 Å². The maximum absolute atomic E-state index is 13.4. The number of ether oxygens (including phenoxy) is 1. The van der Waals surface area contributed by atoms with E-state index in [0.29, 0.717) is 5.82 Å². The molecule has 0 spiro atoms. The number of aryl methyl sites for hydroxylation is 1. The van der Waals surface area contributed by atoms with Crippen molar-refractivity contribution in [2.75, 3.05) is 36.6 Å². The number of urea groups is 1. The van der Waals surface area contributed by atoms with Gasteiger partial charge in [-0.2, -0.15) is 0 Å². The van der Waals surface area contributed by atoms with Crippen LogP contribution in [0.2, 0.25) is 0 Å². The summed E-state index contributed by atoms with van der Waals surface area (Å²) in [4.78, 5) is 25.0. The lowest BCUT2D eigenvalue weighted by atomic mass is 9.87. The Morgan fingerprint density at radius 1 is 0.953 bits per heavy atom. The average Bonchev–Trinajstić information content (AvgIpc) is 3.43. The van der Waals surface area contributed by atoms with Gasteiger partial charge in [0.05, 0.1) is 42.5 Å². The highest BCUT2D eigenvalue weighted by Crippen LogP contribution is 2.34. The van der Waals surface area contributed by atoms with E-state index in [4.69, 9.17) is 9.72 Å². The number of hydrogen-bond donors (Lipinski definition) is 3. The van der Waals surface area contributed by atoms with Crippen LogP contribution in [-0.2, 0) is 11.3 Å². The van der Waals surface area contributed by atoms with Gasteiger partial charge in [-0.25, -0.2) is 10.2 Å². The van der Waals surface area contributed by atoms with Crippen molar-refractivity contribution in [2.45, 2.75) is 40.3 Å². The molecule has 6 rings (SSSR count). The molecule has 43 heavy (non-hydrogen) atoms. The second kappa shape index (κ2) is 12.1. The fourth-order valence-corrected chi connectivity index (χ4v) is 5.42. The predicted molar refractivity (Wildman–Crippen MR) is 171 cm³/mol. The summed E-state index contributed by atoms with van der Waals surface area (Å²) in [5.74, 6) is 0.659. The third kappa shape index (κ3) is 6.54. The molecule has 222 valence electrons. The van der Waals surface area contributed by atoms with Gasteiger partial charge in [-0.05, 0) is 53.6 Å². The van der Waals surface area contributed by atoms with Gasteiger partial charge in [-0.1, -0.05) is 57.2 Å². The minimum absolute atomic E-state index is 0.0260. The Morgan fingerprint density at radius 2 is 1.74 bits per heavy atom. The summed E-state index contributed by atoms with van der Waals surface area (Å²) in [5.41, 5.74) is 9.12. The first-order chi connectivity index (χ1) is 20.7. The first-order valence-electron chi connectivity index (χ1n) is 14.8. The molecule has 1 saturated heterocycles. The van der Waals surface area contributed by atoms with Crippen LogP contribution in [0.1, 0.15) is 32.2 Å². The Hall–Kier alpha value is -4.31. The first-order valence-corrected chi connectivity index (χ1v) is 14.8. The highest BCUT2D eigenvalue weighted by atomic mass is 16.5. The van der Waals surface area contributed by atoms with Crippen LogP contribution in [0.15, 0.2) is 85.0 Å². The Kier molecular flexibility index (Phi) is 8.12. The van der Waals surface area contributed by atoms with E-state index < -0.39 is 0 Å². The Labute approximate surface area is 252 Å². The lowest BCUT2D eigenvalue weighted by molar-refractivity contribution is 0.0336. The van der Waals surface area contributed by atoms with E-state index in [1.54, 1.807) is 6.20 Å². The van der Waals surface area contributed by atoms with Crippen molar-refractivity contribution < 1.29 is 9.53 Å². The molecule has 2 aromatic carbocycles. The zero-order chi connectivity index (χ0) is 30.0. The van der Waals surface area contributed by atoms with Crippen molar-refractivity contribution in [3.63, 3.8) is 0 Å².